The van der Waals surface area contributed by atoms with Gasteiger partial charge in [0.1, 0.15) is 0 Å². The van der Waals surface area contributed by atoms with Crippen molar-refractivity contribution in [1.29, 1.82) is 0 Å². The van der Waals surface area contributed by atoms with Gasteiger partial charge in [-0.3, -0.25) is 0 Å². The van der Waals surface area contributed by atoms with Crippen LogP contribution in [-0.2, 0) is 0 Å². The van der Waals surface area contributed by atoms with Gasteiger partial charge in [0.25, 0.3) is 0 Å². The fourth-order valence-corrected chi connectivity index (χ4v) is 1.55. The maximum absolute atomic E-state index is 9.81. The Morgan fingerprint density at radius 3 is 2.27 bits per heavy atom. The lowest BCUT2D eigenvalue weighted by molar-refractivity contribution is -0.0452. The standard InChI is InChI=1S/C9H19NO/c1-4-8(2,3)5-9(11)6-10-7-9/h10-11H,4-7H2,1-3H3. The smallest absolute Gasteiger partial charge is 0.0900 e. The highest BCUT2D eigenvalue weighted by Gasteiger charge is 2.38. The molecule has 0 bridgehead atoms. The summed E-state index contributed by atoms with van der Waals surface area (Å²) in [6, 6.07) is 0. The molecule has 1 saturated heterocycles. The first kappa shape index (κ1) is 9.01. The summed E-state index contributed by atoms with van der Waals surface area (Å²) >= 11 is 0. The normalized spacial score (nSPS) is 22.9. The van der Waals surface area contributed by atoms with Gasteiger partial charge in [-0.15, -0.1) is 0 Å². The van der Waals surface area contributed by atoms with E-state index in [-0.39, 0.29) is 5.41 Å². The van der Waals surface area contributed by atoms with Crippen molar-refractivity contribution in [2.24, 2.45) is 5.41 Å². The maximum Gasteiger partial charge on any atom is 0.0900 e. The van der Waals surface area contributed by atoms with Crippen LogP contribution in [0.25, 0.3) is 0 Å². The zero-order chi connectivity index (χ0) is 8.54. The highest BCUT2D eigenvalue weighted by atomic mass is 16.3. The van der Waals surface area contributed by atoms with Gasteiger partial charge in [0.05, 0.1) is 5.60 Å². The number of β-amino-alcohol motifs (C(OH)–C–C–N with tert-alkyl or cyclic N) is 1. The van der Waals surface area contributed by atoms with Crippen LogP contribution < -0.4 is 5.32 Å². The summed E-state index contributed by atoms with van der Waals surface area (Å²) in [7, 11) is 0. The second-order valence-electron chi connectivity index (χ2n) is 4.52. The average Bonchev–Trinajstić information content (AvgIpc) is 1.84. The maximum atomic E-state index is 9.81. The van der Waals surface area contributed by atoms with E-state index in [0.717, 1.165) is 25.9 Å². The summed E-state index contributed by atoms with van der Waals surface area (Å²) in [6.45, 7) is 8.15. The average molecular weight is 157 g/mol. The second-order valence-corrected chi connectivity index (χ2v) is 4.52. The summed E-state index contributed by atoms with van der Waals surface area (Å²) < 4.78 is 0. The van der Waals surface area contributed by atoms with Crippen molar-refractivity contribution in [2.45, 2.75) is 39.2 Å². The molecule has 0 spiro atoms. The van der Waals surface area contributed by atoms with Crippen molar-refractivity contribution in [3.8, 4) is 0 Å². The molecule has 1 rings (SSSR count). The van der Waals surface area contributed by atoms with E-state index in [1.165, 1.54) is 0 Å². The van der Waals surface area contributed by atoms with Crippen LogP contribution in [0.15, 0.2) is 0 Å². The minimum Gasteiger partial charge on any atom is -0.387 e. The number of hydrogen-bond acceptors (Lipinski definition) is 2. The fraction of sp³-hybridized carbons (Fsp3) is 1.00. The summed E-state index contributed by atoms with van der Waals surface area (Å²) in [4.78, 5) is 0. The summed E-state index contributed by atoms with van der Waals surface area (Å²) in [6.07, 6.45) is 2.05. The Bertz CT molecular complexity index is 129. The molecule has 11 heavy (non-hydrogen) atoms. The van der Waals surface area contributed by atoms with Crippen molar-refractivity contribution < 1.29 is 5.11 Å². The highest BCUT2D eigenvalue weighted by molar-refractivity contribution is 4.95. The monoisotopic (exact) mass is 157 g/mol. The van der Waals surface area contributed by atoms with Crippen molar-refractivity contribution in [1.82, 2.24) is 5.32 Å². The van der Waals surface area contributed by atoms with Crippen LogP contribution in [0.3, 0.4) is 0 Å². The minimum atomic E-state index is -0.403. The number of aliphatic hydroxyl groups is 1. The van der Waals surface area contributed by atoms with E-state index in [1.807, 2.05) is 0 Å². The van der Waals surface area contributed by atoms with Gasteiger partial charge in [-0.2, -0.15) is 0 Å². The molecule has 66 valence electrons. The van der Waals surface area contributed by atoms with Gasteiger partial charge in [0, 0.05) is 13.1 Å². The van der Waals surface area contributed by atoms with Crippen LogP contribution in [0.1, 0.15) is 33.6 Å². The van der Waals surface area contributed by atoms with E-state index in [1.54, 1.807) is 0 Å². The Balaban J connectivity index is 2.40. The Morgan fingerprint density at radius 1 is 1.45 bits per heavy atom. The molecular formula is C9H19NO. The van der Waals surface area contributed by atoms with E-state index in [2.05, 4.69) is 26.1 Å². The molecule has 1 aliphatic heterocycles. The lowest BCUT2D eigenvalue weighted by Gasteiger charge is -2.42. The van der Waals surface area contributed by atoms with Crippen molar-refractivity contribution in [2.75, 3.05) is 13.1 Å². The molecule has 0 unspecified atom stereocenters. The zero-order valence-electron chi connectivity index (χ0n) is 7.78. The van der Waals surface area contributed by atoms with E-state index in [9.17, 15) is 5.11 Å². The Hall–Kier alpha value is -0.0800. The van der Waals surface area contributed by atoms with Crippen LogP contribution in [0.5, 0.6) is 0 Å². The van der Waals surface area contributed by atoms with Crippen LogP contribution in [0.4, 0.5) is 0 Å². The molecule has 0 saturated carbocycles. The van der Waals surface area contributed by atoms with Gasteiger partial charge in [-0.1, -0.05) is 27.2 Å². The van der Waals surface area contributed by atoms with Gasteiger partial charge in [-0.25, -0.2) is 0 Å². The Kier molecular flexibility index (Phi) is 2.26. The molecule has 0 amide bonds. The Morgan fingerprint density at radius 2 is 2.00 bits per heavy atom. The number of nitrogens with one attached hydrogen (secondary N) is 1. The third-order valence-electron chi connectivity index (χ3n) is 2.67. The predicted octanol–water partition coefficient (Wildman–Crippen LogP) is 1.15. The molecule has 0 aromatic heterocycles. The Labute approximate surface area is 69.0 Å². The number of hydrogen-bond donors (Lipinski definition) is 2. The quantitative estimate of drug-likeness (QED) is 0.644. The molecule has 1 aliphatic rings. The van der Waals surface area contributed by atoms with Crippen LogP contribution in [0.2, 0.25) is 0 Å². The first-order valence-corrected chi connectivity index (χ1v) is 4.41. The summed E-state index contributed by atoms with van der Waals surface area (Å²) in [5.74, 6) is 0. The third kappa shape index (κ3) is 2.17. The lowest BCUT2D eigenvalue weighted by atomic mass is 9.76. The molecule has 0 aliphatic carbocycles. The van der Waals surface area contributed by atoms with Crippen molar-refractivity contribution >= 4 is 0 Å². The molecule has 0 atom stereocenters. The predicted molar refractivity (Wildman–Crippen MR) is 46.5 cm³/mol. The molecule has 2 nitrogen and oxygen atoms in total. The SMILES string of the molecule is CCC(C)(C)CC1(O)CNC1. The van der Waals surface area contributed by atoms with E-state index >= 15 is 0 Å². The molecule has 0 aromatic carbocycles. The van der Waals surface area contributed by atoms with Gasteiger partial charge < -0.3 is 10.4 Å². The van der Waals surface area contributed by atoms with E-state index < -0.39 is 5.60 Å². The van der Waals surface area contributed by atoms with E-state index in [4.69, 9.17) is 0 Å². The van der Waals surface area contributed by atoms with Gasteiger partial charge >= 0.3 is 0 Å². The molecule has 0 radical (unpaired) electrons. The molecule has 1 fully saturated rings. The van der Waals surface area contributed by atoms with Crippen molar-refractivity contribution in [3.63, 3.8) is 0 Å². The first-order chi connectivity index (χ1) is 4.97. The molecule has 1 heterocycles. The molecule has 2 heteroatoms. The van der Waals surface area contributed by atoms with Crippen LogP contribution >= 0.6 is 0 Å². The molecule has 2 N–H and O–H groups in total. The third-order valence-corrected chi connectivity index (χ3v) is 2.67. The molecule has 0 aromatic rings. The lowest BCUT2D eigenvalue weighted by Crippen LogP contribution is -2.60. The van der Waals surface area contributed by atoms with Gasteiger partial charge in [0.2, 0.25) is 0 Å². The van der Waals surface area contributed by atoms with Crippen molar-refractivity contribution in [3.05, 3.63) is 0 Å². The topological polar surface area (TPSA) is 32.3 Å². The van der Waals surface area contributed by atoms with Gasteiger partial charge in [0.15, 0.2) is 0 Å². The van der Waals surface area contributed by atoms with Crippen LogP contribution in [-0.4, -0.2) is 23.8 Å². The van der Waals surface area contributed by atoms with E-state index in [0.29, 0.717) is 0 Å². The first-order valence-electron chi connectivity index (χ1n) is 4.41. The summed E-state index contributed by atoms with van der Waals surface area (Å²) in [5, 5.41) is 12.9. The second kappa shape index (κ2) is 2.76. The highest BCUT2D eigenvalue weighted by Crippen LogP contribution is 2.32. The largest absolute Gasteiger partial charge is 0.387 e. The van der Waals surface area contributed by atoms with Gasteiger partial charge in [-0.05, 0) is 11.8 Å². The number of rotatable bonds is 3. The van der Waals surface area contributed by atoms with Crippen LogP contribution in [0, 0.1) is 5.41 Å². The minimum absolute atomic E-state index is 0.289. The fourth-order valence-electron chi connectivity index (χ4n) is 1.55. The zero-order valence-corrected chi connectivity index (χ0v) is 7.78. The molecular weight excluding hydrogens is 138 g/mol. The summed E-state index contributed by atoms with van der Waals surface area (Å²) in [5.41, 5.74) is -0.115.